The molecule has 3 aromatic carbocycles. The van der Waals surface area contributed by atoms with Gasteiger partial charge in [0.15, 0.2) is 6.29 Å². The number of carbonyl (C=O) groups excluding carboxylic acids is 1. The second kappa shape index (κ2) is 18.2. The Morgan fingerprint density at radius 1 is 0.804 bits per heavy atom. The molecule has 0 unspecified atom stereocenters. The minimum atomic E-state index is -4.02. The van der Waals surface area contributed by atoms with Crippen LogP contribution in [0.3, 0.4) is 0 Å². The molecular formula is C33H40Br2F2N2O6S. The highest BCUT2D eigenvalue weighted by molar-refractivity contribution is 9.10. The number of piperidine rings is 2. The Labute approximate surface area is 287 Å². The van der Waals surface area contributed by atoms with E-state index >= 15 is 0 Å². The van der Waals surface area contributed by atoms with Gasteiger partial charge in [-0.25, -0.2) is 8.78 Å². The lowest BCUT2D eigenvalue weighted by Gasteiger charge is -2.36. The molecule has 2 saturated heterocycles. The Bertz CT molecular complexity index is 1510. The molecule has 46 heavy (non-hydrogen) atoms. The van der Waals surface area contributed by atoms with E-state index in [2.05, 4.69) is 41.7 Å². The second-order valence-corrected chi connectivity index (χ2v) is 14.2. The van der Waals surface area contributed by atoms with E-state index in [1.54, 1.807) is 44.6 Å². The van der Waals surface area contributed by atoms with E-state index < -0.39 is 10.1 Å². The fraction of sp³-hybridized carbons (Fsp3) is 0.424. The van der Waals surface area contributed by atoms with E-state index in [1.807, 2.05) is 19.1 Å². The van der Waals surface area contributed by atoms with Gasteiger partial charge in [-0.05, 0) is 113 Å². The van der Waals surface area contributed by atoms with Crippen LogP contribution < -0.4 is 9.80 Å². The third kappa shape index (κ3) is 11.4. The third-order valence-electron chi connectivity index (χ3n) is 7.98. The Kier molecular flexibility index (Phi) is 15.1. The normalized spacial score (nSPS) is 15.9. The monoisotopic (exact) mass is 788 g/mol. The SMILES string of the molecule is COC(OC)C1CCN(c2ccc(Br)c(F)c2)CC1.Cc1ccc(S(=O)(=O)O)cc1.O=CC1CCN(c2ccc(Br)c(F)c2)CC1. The fourth-order valence-electron chi connectivity index (χ4n) is 5.28. The summed E-state index contributed by atoms with van der Waals surface area (Å²) in [5.41, 5.74) is 2.79. The minimum Gasteiger partial charge on any atom is -0.371 e. The first kappa shape index (κ1) is 38.0. The minimum absolute atomic E-state index is 0.0666. The first-order valence-electron chi connectivity index (χ1n) is 14.8. The fourth-order valence-corrected chi connectivity index (χ4v) is 6.25. The van der Waals surface area contributed by atoms with Crippen LogP contribution in [-0.4, -0.2) is 65.9 Å². The predicted molar refractivity (Wildman–Crippen MR) is 183 cm³/mol. The van der Waals surface area contributed by atoms with Gasteiger partial charge in [0.05, 0.1) is 13.8 Å². The van der Waals surface area contributed by atoms with Crippen LogP contribution in [0.4, 0.5) is 20.2 Å². The van der Waals surface area contributed by atoms with Crippen molar-refractivity contribution < 1.29 is 36.0 Å². The molecule has 0 aromatic heterocycles. The molecule has 2 aliphatic rings. The van der Waals surface area contributed by atoms with Crippen molar-refractivity contribution in [3.8, 4) is 0 Å². The molecule has 5 rings (SSSR count). The molecule has 0 saturated carbocycles. The van der Waals surface area contributed by atoms with E-state index in [0.717, 1.165) is 75.1 Å². The van der Waals surface area contributed by atoms with Crippen LogP contribution in [0, 0.1) is 30.4 Å². The number of anilines is 2. The summed E-state index contributed by atoms with van der Waals surface area (Å²) in [6.45, 7) is 5.28. The number of aldehydes is 1. The number of benzene rings is 3. The van der Waals surface area contributed by atoms with Gasteiger partial charge in [-0.1, -0.05) is 17.7 Å². The largest absolute Gasteiger partial charge is 0.371 e. The second-order valence-electron chi connectivity index (χ2n) is 11.1. The molecule has 2 heterocycles. The van der Waals surface area contributed by atoms with Gasteiger partial charge < -0.3 is 24.1 Å². The average Bonchev–Trinajstić information content (AvgIpc) is 3.05. The van der Waals surface area contributed by atoms with E-state index in [1.165, 1.54) is 18.2 Å². The summed E-state index contributed by atoms with van der Waals surface area (Å²) in [4.78, 5) is 14.9. The van der Waals surface area contributed by atoms with Crippen LogP contribution in [0.5, 0.6) is 0 Å². The lowest BCUT2D eigenvalue weighted by Crippen LogP contribution is -2.39. The molecular weight excluding hydrogens is 750 g/mol. The number of halogens is 4. The Morgan fingerprint density at radius 3 is 1.61 bits per heavy atom. The lowest BCUT2D eigenvalue weighted by atomic mass is 9.95. The topological polar surface area (TPSA) is 96.4 Å². The van der Waals surface area contributed by atoms with Gasteiger partial charge in [-0.2, -0.15) is 8.42 Å². The molecule has 3 aromatic rings. The molecule has 0 atom stereocenters. The van der Waals surface area contributed by atoms with Gasteiger partial charge in [0.25, 0.3) is 10.1 Å². The zero-order chi connectivity index (χ0) is 33.9. The predicted octanol–water partition coefficient (Wildman–Crippen LogP) is 7.67. The van der Waals surface area contributed by atoms with Crippen molar-refractivity contribution in [3.05, 3.63) is 86.8 Å². The number of hydrogen-bond donors (Lipinski definition) is 1. The lowest BCUT2D eigenvalue weighted by molar-refractivity contribution is -0.141. The van der Waals surface area contributed by atoms with E-state index in [0.29, 0.717) is 14.9 Å². The summed E-state index contributed by atoms with van der Waals surface area (Å²) in [6.07, 6.45) is 4.60. The number of nitrogens with zero attached hydrogens (tertiary/aromatic N) is 2. The number of methoxy groups -OCH3 is 2. The Hall–Kier alpha value is -2.42. The van der Waals surface area contributed by atoms with E-state index in [4.69, 9.17) is 14.0 Å². The summed E-state index contributed by atoms with van der Waals surface area (Å²) in [5, 5.41) is 0. The van der Waals surface area contributed by atoms with Gasteiger partial charge in [0.1, 0.15) is 17.9 Å². The highest BCUT2D eigenvalue weighted by atomic mass is 79.9. The van der Waals surface area contributed by atoms with Crippen molar-refractivity contribution in [2.75, 3.05) is 50.2 Å². The van der Waals surface area contributed by atoms with Crippen molar-refractivity contribution in [2.45, 2.75) is 43.8 Å². The summed E-state index contributed by atoms with van der Waals surface area (Å²) >= 11 is 6.31. The van der Waals surface area contributed by atoms with Crippen molar-refractivity contribution in [1.82, 2.24) is 0 Å². The zero-order valence-electron chi connectivity index (χ0n) is 26.0. The summed E-state index contributed by atoms with van der Waals surface area (Å²) < 4.78 is 68.0. The number of carbonyl (C=O) groups is 1. The van der Waals surface area contributed by atoms with Crippen molar-refractivity contribution in [3.63, 3.8) is 0 Å². The van der Waals surface area contributed by atoms with Crippen LogP contribution in [0.2, 0.25) is 0 Å². The molecule has 2 aliphatic heterocycles. The standard InChI is InChI=1S/C14H19BrFNO2.C12H13BrFNO.C7H8O3S/c1-18-14(19-2)10-5-7-17(8-6-10)11-3-4-12(15)13(16)9-11;13-11-2-1-10(7-12(11)14)15-5-3-9(8-16)4-6-15;1-6-2-4-7(5-3-6)11(8,9)10/h3-4,9-10,14H,5-8H2,1-2H3;1-2,7-9H,3-6H2;2-5H,1H3,(H,8,9,10). The van der Waals surface area contributed by atoms with Crippen molar-refractivity contribution >= 4 is 59.6 Å². The first-order valence-corrected chi connectivity index (χ1v) is 17.8. The molecule has 1 N–H and O–H groups in total. The number of rotatable bonds is 7. The highest BCUT2D eigenvalue weighted by Crippen LogP contribution is 2.29. The van der Waals surface area contributed by atoms with E-state index in [-0.39, 0.29) is 28.7 Å². The maximum absolute atomic E-state index is 13.5. The third-order valence-corrected chi connectivity index (χ3v) is 10.1. The number of aryl methyl sites for hydroxylation is 1. The van der Waals surface area contributed by atoms with Crippen LogP contribution >= 0.6 is 31.9 Å². The Balaban J connectivity index is 0.000000195. The number of hydrogen-bond acceptors (Lipinski definition) is 7. The van der Waals surface area contributed by atoms with Crippen molar-refractivity contribution in [2.24, 2.45) is 11.8 Å². The van der Waals surface area contributed by atoms with Crippen LogP contribution in [-0.2, 0) is 24.4 Å². The average molecular weight is 791 g/mol. The molecule has 0 aliphatic carbocycles. The summed E-state index contributed by atoms with van der Waals surface area (Å²) in [5.74, 6) is 0.129. The maximum Gasteiger partial charge on any atom is 0.294 e. The highest BCUT2D eigenvalue weighted by Gasteiger charge is 2.27. The Morgan fingerprint density at radius 2 is 1.24 bits per heavy atom. The number of ether oxygens (including phenoxy) is 2. The molecule has 0 radical (unpaired) electrons. The molecule has 0 amide bonds. The molecule has 13 heteroatoms. The van der Waals surface area contributed by atoms with Gasteiger partial charge >= 0.3 is 0 Å². The van der Waals surface area contributed by atoms with Gasteiger partial charge in [-0.15, -0.1) is 0 Å². The van der Waals surface area contributed by atoms with Gasteiger partial charge in [0.2, 0.25) is 0 Å². The molecule has 0 bridgehead atoms. The molecule has 252 valence electrons. The van der Waals surface area contributed by atoms with Crippen molar-refractivity contribution in [1.29, 1.82) is 0 Å². The van der Waals surface area contributed by atoms with Crippen LogP contribution in [0.1, 0.15) is 31.2 Å². The van der Waals surface area contributed by atoms with Crippen LogP contribution in [0.25, 0.3) is 0 Å². The van der Waals surface area contributed by atoms with Gasteiger partial charge in [0, 0.05) is 63.6 Å². The molecule has 8 nitrogen and oxygen atoms in total. The van der Waals surface area contributed by atoms with E-state index in [9.17, 15) is 22.0 Å². The zero-order valence-corrected chi connectivity index (χ0v) is 30.0. The van der Waals surface area contributed by atoms with Crippen LogP contribution in [0.15, 0.2) is 74.5 Å². The molecule has 0 spiro atoms. The summed E-state index contributed by atoms with van der Waals surface area (Å²) in [7, 11) is -0.677. The smallest absolute Gasteiger partial charge is 0.294 e. The summed E-state index contributed by atoms with van der Waals surface area (Å²) in [6, 6.07) is 16.4. The maximum atomic E-state index is 13.5. The van der Waals surface area contributed by atoms with Gasteiger partial charge in [-0.3, -0.25) is 4.55 Å². The molecule has 2 fully saturated rings. The quantitative estimate of drug-likeness (QED) is 0.148. The first-order chi connectivity index (χ1) is 21.9.